The molecule has 2 bridgehead atoms. The molecule has 20 heavy (non-hydrogen) atoms. The third kappa shape index (κ3) is 1.32. The third-order valence-electron chi connectivity index (χ3n) is 4.77. The average Bonchev–Trinajstić information content (AvgIpc) is 2.95. The first kappa shape index (κ1) is 12.2. The van der Waals surface area contributed by atoms with Crippen molar-refractivity contribution >= 4 is 23.0 Å². The maximum atomic E-state index is 11.1. The van der Waals surface area contributed by atoms with E-state index in [1.54, 1.807) is 6.07 Å². The summed E-state index contributed by atoms with van der Waals surface area (Å²) in [5.41, 5.74) is 0.995. The summed E-state index contributed by atoms with van der Waals surface area (Å²) in [4.78, 5) is 10.7. The number of nitrogens with one attached hydrogen (secondary N) is 1. The SMILES string of the molecule is CC1C2C=CC3(O2)c2cc([N+](=O)[O-])cc(Cl)c2NCC13. The molecule has 0 aromatic heterocycles. The molecule has 1 spiro atoms. The van der Waals surface area contributed by atoms with E-state index < -0.39 is 10.5 Å². The number of halogens is 1. The van der Waals surface area contributed by atoms with Crippen molar-refractivity contribution in [3.63, 3.8) is 0 Å². The average molecular weight is 293 g/mol. The van der Waals surface area contributed by atoms with Gasteiger partial charge in [-0.05, 0) is 12.0 Å². The minimum Gasteiger partial charge on any atom is -0.383 e. The van der Waals surface area contributed by atoms with Gasteiger partial charge >= 0.3 is 0 Å². The molecule has 104 valence electrons. The second kappa shape index (κ2) is 3.74. The first-order chi connectivity index (χ1) is 9.53. The van der Waals surface area contributed by atoms with Crippen LogP contribution in [0.1, 0.15) is 12.5 Å². The van der Waals surface area contributed by atoms with Crippen molar-refractivity contribution < 1.29 is 9.66 Å². The van der Waals surface area contributed by atoms with Crippen LogP contribution >= 0.6 is 11.6 Å². The Labute approximate surface area is 120 Å². The Balaban J connectivity index is 1.96. The van der Waals surface area contributed by atoms with Gasteiger partial charge in [0, 0.05) is 30.2 Å². The summed E-state index contributed by atoms with van der Waals surface area (Å²) in [6, 6.07) is 2.98. The monoisotopic (exact) mass is 292 g/mol. The molecular formula is C14H13ClN2O3. The van der Waals surface area contributed by atoms with Gasteiger partial charge in [0.2, 0.25) is 0 Å². The molecule has 4 unspecified atom stereocenters. The molecule has 0 radical (unpaired) electrons. The highest BCUT2D eigenvalue weighted by molar-refractivity contribution is 6.33. The molecule has 4 rings (SSSR count). The van der Waals surface area contributed by atoms with E-state index in [1.807, 2.05) is 6.08 Å². The molecule has 0 aliphatic carbocycles. The summed E-state index contributed by atoms with van der Waals surface area (Å²) < 4.78 is 6.16. The highest BCUT2D eigenvalue weighted by atomic mass is 35.5. The van der Waals surface area contributed by atoms with E-state index in [9.17, 15) is 10.1 Å². The van der Waals surface area contributed by atoms with Crippen LogP contribution < -0.4 is 5.32 Å². The zero-order chi connectivity index (χ0) is 14.1. The number of anilines is 1. The number of rotatable bonds is 1. The molecule has 3 aliphatic heterocycles. The molecule has 1 aromatic rings. The summed E-state index contributed by atoms with van der Waals surface area (Å²) in [6.07, 6.45) is 4.19. The van der Waals surface area contributed by atoms with Crippen molar-refractivity contribution in [3.05, 3.63) is 45.0 Å². The lowest BCUT2D eigenvalue weighted by molar-refractivity contribution is -0.385. The van der Waals surface area contributed by atoms with Crippen LogP contribution in [-0.4, -0.2) is 17.6 Å². The van der Waals surface area contributed by atoms with Crippen molar-refractivity contribution in [1.82, 2.24) is 0 Å². The molecule has 0 saturated carbocycles. The normalized spacial score (nSPS) is 36.4. The van der Waals surface area contributed by atoms with E-state index in [1.165, 1.54) is 6.07 Å². The van der Waals surface area contributed by atoms with Gasteiger partial charge in [0.05, 0.1) is 21.7 Å². The fraction of sp³-hybridized carbons (Fsp3) is 0.429. The number of nitrogens with zero attached hydrogens (tertiary/aromatic N) is 1. The Kier molecular flexibility index (Phi) is 2.28. The Hall–Kier alpha value is -1.59. The molecule has 5 nitrogen and oxygen atoms in total. The van der Waals surface area contributed by atoms with Crippen LogP contribution in [0.5, 0.6) is 0 Å². The second-order valence-electron chi connectivity index (χ2n) is 5.69. The molecule has 3 heterocycles. The van der Waals surface area contributed by atoms with Crippen LogP contribution in [0, 0.1) is 22.0 Å². The van der Waals surface area contributed by atoms with Gasteiger partial charge in [0.15, 0.2) is 0 Å². The van der Waals surface area contributed by atoms with Crippen LogP contribution in [0.4, 0.5) is 11.4 Å². The van der Waals surface area contributed by atoms with Gasteiger partial charge in [-0.1, -0.05) is 24.6 Å². The van der Waals surface area contributed by atoms with Crippen molar-refractivity contribution in [3.8, 4) is 0 Å². The summed E-state index contributed by atoms with van der Waals surface area (Å²) in [5.74, 6) is 0.668. The number of non-ortho nitro benzene ring substituents is 1. The molecule has 1 saturated heterocycles. The van der Waals surface area contributed by atoms with Gasteiger partial charge in [0.25, 0.3) is 5.69 Å². The van der Waals surface area contributed by atoms with E-state index in [0.717, 1.165) is 17.8 Å². The summed E-state index contributed by atoms with van der Waals surface area (Å²) in [6.45, 7) is 2.93. The predicted octanol–water partition coefficient (Wildman–Crippen LogP) is 3.09. The fourth-order valence-electron chi connectivity index (χ4n) is 3.74. The van der Waals surface area contributed by atoms with Crippen molar-refractivity contribution in [2.24, 2.45) is 11.8 Å². The Morgan fingerprint density at radius 1 is 1.55 bits per heavy atom. The van der Waals surface area contributed by atoms with Gasteiger partial charge in [0.1, 0.15) is 5.60 Å². The lowest BCUT2D eigenvalue weighted by Crippen LogP contribution is -2.41. The largest absolute Gasteiger partial charge is 0.383 e. The van der Waals surface area contributed by atoms with Crippen molar-refractivity contribution in [2.75, 3.05) is 11.9 Å². The summed E-state index contributed by atoms with van der Waals surface area (Å²) in [5, 5.41) is 14.8. The van der Waals surface area contributed by atoms with Crippen LogP contribution in [-0.2, 0) is 10.3 Å². The molecular weight excluding hydrogens is 280 g/mol. The van der Waals surface area contributed by atoms with Gasteiger partial charge in [-0.3, -0.25) is 10.1 Å². The number of nitro benzene ring substituents is 1. The molecule has 1 aromatic carbocycles. The number of hydrogen-bond donors (Lipinski definition) is 1. The van der Waals surface area contributed by atoms with Crippen LogP contribution in [0.3, 0.4) is 0 Å². The molecule has 1 N–H and O–H groups in total. The zero-order valence-electron chi connectivity index (χ0n) is 10.8. The number of nitro groups is 1. The van der Waals surface area contributed by atoms with Gasteiger partial charge in [-0.15, -0.1) is 0 Å². The highest BCUT2D eigenvalue weighted by Gasteiger charge is 2.58. The lowest BCUT2D eigenvalue weighted by atomic mass is 9.70. The maximum absolute atomic E-state index is 11.1. The summed E-state index contributed by atoms with van der Waals surface area (Å²) >= 11 is 6.20. The van der Waals surface area contributed by atoms with Crippen LogP contribution in [0.2, 0.25) is 5.02 Å². The number of hydrogen-bond acceptors (Lipinski definition) is 4. The van der Waals surface area contributed by atoms with Crippen LogP contribution in [0.25, 0.3) is 0 Å². The Morgan fingerprint density at radius 2 is 2.35 bits per heavy atom. The molecule has 3 aliphatic rings. The van der Waals surface area contributed by atoms with Crippen molar-refractivity contribution in [2.45, 2.75) is 18.6 Å². The highest BCUT2D eigenvalue weighted by Crippen LogP contribution is 2.57. The number of fused-ring (bicyclic) bond motifs is 2. The first-order valence-electron chi connectivity index (χ1n) is 6.62. The zero-order valence-corrected chi connectivity index (χ0v) is 11.6. The van der Waals surface area contributed by atoms with Crippen molar-refractivity contribution in [1.29, 1.82) is 0 Å². The van der Waals surface area contributed by atoms with Gasteiger partial charge < -0.3 is 10.1 Å². The Morgan fingerprint density at radius 3 is 3.10 bits per heavy atom. The summed E-state index contributed by atoms with van der Waals surface area (Å²) in [7, 11) is 0. The molecule has 0 amide bonds. The maximum Gasteiger partial charge on any atom is 0.271 e. The first-order valence-corrected chi connectivity index (χ1v) is 7.00. The molecule has 1 fully saturated rings. The second-order valence-corrected chi connectivity index (χ2v) is 6.10. The lowest BCUT2D eigenvalue weighted by Gasteiger charge is -2.39. The van der Waals surface area contributed by atoms with E-state index in [0.29, 0.717) is 10.9 Å². The van der Waals surface area contributed by atoms with Gasteiger partial charge in [-0.2, -0.15) is 0 Å². The number of ether oxygens (including phenoxy) is 1. The third-order valence-corrected chi connectivity index (χ3v) is 5.07. The minimum absolute atomic E-state index is 0.00516. The van der Waals surface area contributed by atoms with E-state index in [2.05, 4.69) is 18.3 Å². The topological polar surface area (TPSA) is 64.4 Å². The van der Waals surface area contributed by atoms with Crippen LogP contribution in [0.15, 0.2) is 24.3 Å². The van der Waals surface area contributed by atoms with E-state index in [4.69, 9.17) is 16.3 Å². The molecule has 6 heteroatoms. The predicted molar refractivity (Wildman–Crippen MR) is 74.9 cm³/mol. The smallest absolute Gasteiger partial charge is 0.271 e. The van der Waals surface area contributed by atoms with E-state index in [-0.39, 0.29) is 17.7 Å². The Bertz CT molecular complexity index is 660. The quantitative estimate of drug-likeness (QED) is 0.491. The standard InChI is InChI=1S/C14H13ClN2O3/c1-7-10-6-16-13-9(14(10)3-2-12(7)20-14)4-8(17(18)19)5-11(13)15/h2-5,7,10,12,16H,6H2,1H3. The van der Waals surface area contributed by atoms with E-state index >= 15 is 0 Å². The minimum atomic E-state index is -0.555. The number of benzene rings is 1. The molecule has 4 atom stereocenters. The fourth-order valence-corrected chi connectivity index (χ4v) is 4.02. The van der Waals surface area contributed by atoms with Gasteiger partial charge in [-0.25, -0.2) is 0 Å².